The van der Waals surface area contributed by atoms with E-state index in [4.69, 9.17) is 14.2 Å². The minimum absolute atomic E-state index is 0.236. The van der Waals surface area contributed by atoms with Crippen molar-refractivity contribution in [2.75, 3.05) is 30.5 Å². The van der Waals surface area contributed by atoms with Crippen LogP contribution in [0.1, 0.15) is 18.1 Å². The van der Waals surface area contributed by atoms with E-state index in [1.807, 2.05) is 47.7 Å². The highest BCUT2D eigenvalue weighted by Gasteiger charge is 2.37. The lowest BCUT2D eigenvalue weighted by molar-refractivity contribution is -0.122. The van der Waals surface area contributed by atoms with Crippen molar-refractivity contribution in [3.63, 3.8) is 0 Å². The zero-order chi connectivity index (χ0) is 28.8. The second-order valence-electron chi connectivity index (χ2n) is 8.63. The van der Waals surface area contributed by atoms with E-state index in [9.17, 15) is 19.2 Å². The number of aryl methyl sites for hydroxylation is 1. The molecule has 0 aliphatic carbocycles. The van der Waals surface area contributed by atoms with E-state index in [1.54, 1.807) is 49.4 Å². The molecule has 10 nitrogen and oxygen atoms in total. The third-order valence-corrected chi connectivity index (χ3v) is 6.53. The summed E-state index contributed by atoms with van der Waals surface area (Å²) < 4.78 is 17.3. The fraction of sp³-hybridized carbons (Fsp3) is 0.172. The number of hydrogen-bond donors (Lipinski definition) is 2. The van der Waals surface area contributed by atoms with Crippen molar-refractivity contribution in [3.05, 3.63) is 80.9 Å². The molecular formula is C29H26IN3O7. The van der Waals surface area contributed by atoms with Crippen LogP contribution in [0.25, 0.3) is 6.08 Å². The molecule has 3 aromatic carbocycles. The zero-order valence-corrected chi connectivity index (χ0v) is 24.1. The molecule has 1 heterocycles. The van der Waals surface area contributed by atoms with Crippen molar-refractivity contribution < 1.29 is 33.4 Å². The first-order valence-electron chi connectivity index (χ1n) is 12.2. The van der Waals surface area contributed by atoms with Crippen molar-refractivity contribution in [3.8, 4) is 17.2 Å². The van der Waals surface area contributed by atoms with Crippen LogP contribution in [0.5, 0.6) is 17.2 Å². The molecule has 1 fully saturated rings. The second kappa shape index (κ2) is 12.6. The Labute approximate surface area is 244 Å². The van der Waals surface area contributed by atoms with E-state index in [0.717, 1.165) is 10.5 Å². The fourth-order valence-corrected chi connectivity index (χ4v) is 4.70. The van der Waals surface area contributed by atoms with Crippen molar-refractivity contribution in [2.24, 2.45) is 0 Å². The Balaban J connectivity index is 1.57. The number of anilines is 2. The highest BCUT2D eigenvalue weighted by molar-refractivity contribution is 14.1. The zero-order valence-electron chi connectivity index (χ0n) is 21.9. The smallest absolute Gasteiger partial charge is 0.335 e. The van der Waals surface area contributed by atoms with E-state index in [0.29, 0.717) is 38.7 Å². The van der Waals surface area contributed by atoms with Gasteiger partial charge in [0.15, 0.2) is 18.1 Å². The molecule has 1 aliphatic rings. The number of carbonyl (C=O) groups is 4. The van der Waals surface area contributed by atoms with E-state index < -0.39 is 17.8 Å². The first kappa shape index (κ1) is 28.6. The Morgan fingerprint density at radius 1 is 1.05 bits per heavy atom. The molecule has 5 amide bonds. The molecule has 1 aliphatic heterocycles. The maximum atomic E-state index is 13.3. The Hall–Kier alpha value is -4.39. The van der Waals surface area contributed by atoms with Crippen LogP contribution in [0.4, 0.5) is 16.2 Å². The topological polar surface area (TPSA) is 123 Å². The van der Waals surface area contributed by atoms with Gasteiger partial charge in [-0.15, -0.1) is 0 Å². The number of amides is 5. The highest BCUT2D eigenvalue weighted by atomic mass is 127. The molecule has 0 radical (unpaired) electrons. The van der Waals surface area contributed by atoms with Gasteiger partial charge in [0.05, 0.1) is 23.0 Å². The van der Waals surface area contributed by atoms with Crippen molar-refractivity contribution in [1.82, 2.24) is 5.32 Å². The fourth-order valence-electron chi connectivity index (χ4n) is 3.92. The first-order valence-corrected chi connectivity index (χ1v) is 13.3. The van der Waals surface area contributed by atoms with Crippen LogP contribution in [0.15, 0.2) is 66.2 Å². The van der Waals surface area contributed by atoms with Gasteiger partial charge in [-0.3, -0.25) is 19.7 Å². The minimum atomic E-state index is -0.852. The molecule has 0 aromatic heterocycles. The summed E-state index contributed by atoms with van der Waals surface area (Å²) in [6.45, 7) is 3.77. The number of rotatable bonds is 9. The van der Waals surface area contributed by atoms with Gasteiger partial charge in [0, 0.05) is 5.69 Å². The van der Waals surface area contributed by atoms with Crippen LogP contribution in [-0.4, -0.2) is 44.1 Å². The Morgan fingerprint density at radius 2 is 1.80 bits per heavy atom. The van der Waals surface area contributed by atoms with Gasteiger partial charge >= 0.3 is 6.03 Å². The van der Waals surface area contributed by atoms with Crippen molar-refractivity contribution in [2.45, 2.75) is 13.8 Å². The average molecular weight is 655 g/mol. The first-order chi connectivity index (χ1) is 19.2. The number of urea groups is 1. The van der Waals surface area contributed by atoms with Gasteiger partial charge in [-0.2, -0.15) is 0 Å². The molecule has 0 unspecified atom stereocenters. The SMILES string of the molecule is CCOc1cc(/C=C2\C(=O)NC(=O)N(c3ccc(OC)cc3)C2=O)cc(I)c1OCC(=O)Nc1cccc(C)c1. The molecule has 4 rings (SSSR count). The summed E-state index contributed by atoms with van der Waals surface area (Å²) in [5, 5.41) is 4.99. The third kappa shape index (κ3) is 6.60. The molecule has 0 spiro atoms. The number of ether oxygens (including phenoxy) is 3. The summed E-state index contributed by atoms with van der Waals surface area (Å²) in [4.78, 5) is 51.8. The normalized spacial score (nSPS) is 14.2. The van der Waals surface area contributed by atoms with Crippen LogP contribution in [0.3, 0.4) is 0 Å². The third-order valence-electron chi connectivity index (χ3n) is 5.72. The van der Waals surface area contributed by atoms with Crippen LogP contribution in [0, 0.1) is 10.5 Å². The molecule has 11 heteroatoms. The van der Waals surface area contributed by atoms with Crippen molar-refractivity contribution in [1.29, 1.82) is 0 Å². The van der Waals surface area contributed by atoms with E-state index in [2.05, 4.69) is 10.6 Å². The summed E-state index contributed by atoms with van der Waals surface area (Å²) >= 11 is 2.03. The summed E-state index contributed by atoms with van der Waals surface area (Å²) in [7, 11) is 1.50. The van der Waals surface area contributed by atoms with Gasteiger partial charge in [0.25, 0.3) is 17.7 Å². The van der Waals surface area contributed by atoms with Gasteiger partial charge in [-0.1, -0.05) is 12.1 Å². The standard InChI is InChI=1S/C29H26IN3O7/c1-4-39-24-15-18(14-23(30)26(24)40-16-25(34)31-19-7-5-6-17(2)12-19)13-22-27(35)32-29(37)33(28(22)36)20-8-10-21(38-3)11-9-20/h5-15H,4,16H2,1-3H3,(H,31,34)(H,32,35,37)/b22-13+. The lowest BCUT2D eigenvalue weighted by Crippen LogP contribution is -2.54. The van der Waals surface area contributed by atoms with Gasteiger partial charge in [-0.25, -0.2) is 9.69 Å². The molecule has 0 atom stereocenters. The Morgan fingerprint density at radius 3 is 2.48 bits per heavy atom. The number of nitrogens with one attached hydrogen (secondary N) is 2. The average Bonchev–Trinajstić information content (AvgIpc) is 2.91. The summed E-state index contributed by atoms with van der Waals surface area (Å²) in [5.74, 6) is -0.716. The number of barbiturate groups is 1. The molecule has 40 heavy (non-hydrogen) atoms. The Bertz CT molecular complexity index is 1500. The van der Waals surface area contributed by atoms with Crippen LogP contribution in [0.2, 0.25) is 0 Å². The lowest BCUT2D eigenvalue weighted by Gasteiger charge is -2.26. The van der Waals surface area contributed by atoms with E-state index in [1.165, 1.54) is 13.2 Å². The summed E-state index contributed by atoms with van der Waals surface area (Å²) in [5.41, 5.74) is 2.18. The summed E-state index contributed by atoms with van der Waals surface area (Å²) in [6.07, 6.45) is 1.37. The molecule has 1 saturated heterocycles. The highest BCUT2D eigenvalue weighted by Crippen LogP contribution is 2.35. The summed E-state index contributed by atoms with van der Waals surface area (Å²) in [6, 6.07) is 16.1. The van der Waals surface area contributed by atoms with Crippen molar-refractivity contribution >= 4 is 63.8 Å². The number of carbonyl (C=O) groups excluding carboxylic acids is 4. The van der Waals surface area contributed by atoms with E-state index >= 15 is 0 Å². The molecule has 2 N–H and O–H groups in total. The molecule has 3 aromatic rings. The predicted molar refractivity (Wildman–Crippen MR) is 158 cm³/mol. The number of hydrogen-bond acceptors (Lipinski definition) is 7. The van der Waals surface area contributed by atoms with Crippen LogP contribution >= 0.6 is 22.6 Å². The van der Waals surface area contributed by atoms with Gasteiger partial charge in [-0.05, 0) is 102 Å². The van der Waals surface area contributed by atoms with Crippen LogP contribution in [-0.2, 0) is 14.4 Å². The maximum Gasteiger partial charge on any atom is 0.335 e. The van der Waals surface area contributed by atoms with Gasteiger partial charge in [0.2, 0.25) is 0 Å². The van der Waals surface area contributed by atoms with E-state index in [-0.39, 0.29) is 23.8 Å². The number of benzene rings is 3. The molecule has 206 valence electrons. The number of halogens is 1. The van der Waals surface area contributed by atoms with Gasteiger partial charge < -0.3 is 19.5 Å². The molecular weight excluding hydrogens is 629 g/mol. The number of methoxy groups -OCH3 is 1. The lowest BCUT2D eigenvalue weighted by atomic mass is 10.1. The second-order valence-corrected chi connectivity index (χ2v) is 9.79. The predicted octanol–water partition coefficient (Wildman–Crippen LogP) is 4.69. The number of nitrogens with zero attached hydrogens (tertiary/aromatic N) is 1. The largest absolute Gasteiger partial charge is 0.497 e. The van der Waals surface area contributed by atoms with Crippen LogP contribution < -0.4 is 29.7 Å². The quantitative estimate of drug-likeness (QED) is 0.195. The molecule has 0 bridgehead atoms. The minimum Gasteiger partial charge on any atom is -0.497 e. The maximum absolute atomic E-state index is 13.3. The number of imide groups is 2. The monoisotopic (exact) mass is 655 g/mol. The molecule has 0 saturated carbocycles. The van der Waals surface area contributed by atoms with Gasteiger partial charge in [0.1, 0.15) is 11.3 Å². The Kier molecular flexibility index (Phi) is 9.04.